The van der Waals surface area contributed by atoms with E-state index in [4.69, 9.17) is 9.84 Å². The maximum absolute atomic E-state index is 11.9. The zero-order valence-corrected chi connectivity index (χ0v) is 11.0. The van der Waals surface area contributed by atoms with E-state index < -0.39 is 42.0 Å². The van der Waals surface area contributed by atoms with E-state index in [2.05, 4.69) is 10.3 Å². The maximum Gasteiger partial charge on any atom is 0.331 e. The van der Waals surface area contributed by atoms with Gasteiger partial charge in [-0.15, -0.1) is 0 Å². The molecule has 0 saturated carbocycles. The minimum atomic E-state index is -1.77. The van der Waals surface area contributed by atoms with Crippen LogP contribution in [0.3, 0.4) is 0 Å². The molecule has 1 saturated heterocycles. The third-order valence-corrected chi connectivity index (χ3v) is 3.45. The lowest BCUT2D eigenvalue weighted by Crippen LogP contribution is -2.59. The van der Waals surface area contributed by atoms with E-state index in [0.717, 1.165) is 4.57 Å². The van der Waals surface area contributed by atoms with Gasteiger partial charge in [-0.05, 0) is 14.0 Å². The molecule has 0 radical (unpaired) electrons. The molecule has 20 heavy (non-hydrogen) atoms. The van der Waals surface area contributed by atoms with Crippen LogP contribution >= 0.6 is 0 Å². The Balaban J connectivity index is 2.61. The van der Waals surface area contributed by atoms with E-state index in [-0.39, 0.29) is 5.56 Å². The molecule has 9 nitrogen and oxygen atoms in total. The fraction of sp³-hybridized carbons (Fsp3) is 0.636. The van der Waals surface area contributed by atoms with Crippen molar-refractivity contribution in [3.63, 3.8) is 0 Å². The van der Waals surface area contributed by atoms with Crippen LogP contribution in [0.5, 0.6) is 0 Å². The SMILES string of the molecule is CN[C@@]1(n2cc(C)c(=O)[nH]c2=O)O[C@H](CO)[C@@H](O)[C@H]1O. The van der Waals surface area contributed by atoms with Gasteiger partial charge in [0.15, 0.2) is 0 Å². The number of aryl methyl sites for hydroxylation is 1. The van der Waals surface area contributed by atoms with E-state index in [1.807, 2.05) is 0 Å². The van der Waals surface area contributed by atoms with Gasteiger partial charge in [0.05, 0.1) is 6.61 Å². The van der Waals surface area contributed by atoms with Gasteiger partial charge >= 0.3 is 5.69 Å². The van der Waals surface area contributed by atoms with Gasteiger partial charge in [0.1, 0.15) is 18.3 Å². The van der Waals surface area contributed by atoms with E-state index in [9.17, 15) is 19.8 Å². The predicted molar refractivity (Wildman–Crippen MR) is 67.1 cm³/mol. The van der Waals surface area contributed by atoms with Crippen LogP contribution in [0.15, 0.2) is 15.8 Å². The number of aliphatic hydroxyl groups is 3. The average Bonchev–Trinajstić information content (AvgIpc) is 2.68. The number of H-pyrrole nitrogens is 1. The molecule has 0 unspecified atom stereocenters. The number of nitrogens with one attached hydrogen (secondary N) is 2. The molecule has 1 aliphatic rings. The van der Waals surface area contributed by atoms with Gasteiger partial charge in [-0.2, -0.15) is 0 Å². The number of nitrogens with zero attached hydrogens (tertiary/aromatic N) is 1. The summed E-state index contributed by atoms with van der Waals surface area (Å²) in [7, 11) is 1.42. The van der Waals surface area contributed by atoms with Crippen molar-refractivity contribution in [1.82, 2.24) is 14.9 Å². The van der Waals surface area contributed by atoms with E-state index in [1.54, 1.807) is 0 Å². The Morgan fingerprint density at radius 1 is 1.50 bits per heavy atom. The quantitative estimate of drug-likeness (QED) is 0.394. The Hall–Kier alpha value is -1.52. The summed E-state index contributed by atoms with van der Waals surface area (Å²) in [6, 6.07) is 0. The van der Waals surface area contributed by atoms with Crippen molar-refractivity contribution in [3.05, 3.63) is 32.6 Å². The first kappa shape index (κ1) is 14.9. The fourth-order valence-electron chi connectivity index (χ4n) is 2.29. The summed E-state index contributed by atoms with van der Waals surface area (Å²) in [5.74, 6) is -1.77. The summed E-state index contributed by atoms with van der Waals surface area (Å²) in [5.41, 5.74) is -1.12. The van der Waals surface area contributed by atoms with Gasteiger partial charge < -0.3 is 20.1 Å². The summed E-state index contributed by atoms with van der Waals surface area (Å²) in [4.78, 5) is 25.4. The molecular formula is C11H17N3O6. The lowest BCUT2D eigenvalue weighted by molar-refractivity contribution is -0.168. The van der Waals surface area contributed by atoms with Crippen molar-refractivity contribution in [2.24, 2.45) is 0 Å². The molecule has 2 rings (SSSR count). The summed E-state index contributed by atoms with van der Waals surface area (Å²) in [5, 5.41) is 31.7. The average molecular weight is 287 g/mol. The number of aromatic amines is 1. The third kappa shape index (κ3) is 2.00. The van der Waals surface area contributed by atoms with Crippen LogP contribution in [-0.2, 0) is 10.6 Å². The fourth-order valence-corrected chi connectivity index (χ4v) is 2.29. The summed E-state index contributed by atoms with van der Waals surface area (Å²) in [6.45, 7) is 0.957. The summed E-state index contributed by atoms with van der Waals surface area (Å²) in [6.07, 6.45) is -2.73. The van der Waals surface area contributed by atoms with Crippen LogP contribution in [0.25, 0.3) is 0 Å². The molecule has 1 fully saturated rings. The van der Waals surface area contributed by atoms with Gasteiger partial charge in [-0.25, -0.2) is 4.79 Å². The Kier molecular flexibility index (Phi) is 3.80. The largest absolute Gasteiger partial charge is 0.394 e. The molecule has 0 bridgehead atoms. The van der Waals surface area contributed by atoms with Crippen LogP contribution in [0, 0.1) is 6.92 Å². The van der Waals surface area contributed by atoms with Crippen LogP contribution < -0.4 is 16.6 Å². The number of aromatic nitrogens is 2. The molecule has 0 spiro atoms. The number of hydrogen-bond donors (Lipinski definition) is 5. The Morgan fingerprint density at radius 2 is 2.15 bits per heavy atom. The number of likely N-dealkylation sites (N-methyl/N-ethyl adjacent to an activating group) is 1. The van der Waals surface area contributed by atoms with Crippen LogP contribution in [-0.4, -0.2) is 56.8 Å². The second-order valence-corrected chi connectivity index (χ2v) is 4.66. The molecule has 5 N–H and O–H groups in total. The van der Waals surface area contributed by atoms with Crippen LogP contribution in [0.4, 0.5) is 0 Å². The van der Waals surface area contributed by atoms with Crippen molar-refractivity contribution >= 4 is 0 Å². The number of rotatable bonds is 3. The molecule has 1 aliphatic heterocycles. The van der Waals surface area contributed by atoms with Crippen molar-refractivity contribution in [2.45, 2.75) is 31.1 Å². The highest BCUT2D eigenvalue weighted by Gasteiger charge is 2.55. The zero-order valence-electron chi connectivity index (χ0n) is 11.0. The second kappa shape index (κ2) is 5.11. The predicted octanol–water partition coefficient (Wildman–Crippen LogP) is -3.21. The minimum absolute atomic E-state index is 0.233. The molecule has 0 amide bonds. The lowest BCUT2D eigenvalue weighted by Gasteiger charge is -2.33. The summed E-state index contributed by atoms with van der Waals surface area (Å²) >= 11 is 0. The van der Waals surface area contributed by atoms with Gasteiger partial charge in [0.2, 0.25) is 5.85 Å². The van der Waals surface area contributed by atoms with Gasteiger partial charge in [-0.3, -0.25) is 19.7 Å². The first-order valence-electron chi connectivity index (χ1n) is 6.04. The molecule has 0 aliphatic carbocycles. The Morgan fingerprint density at radius 3 is 2.65 bits per heavy atom. The monoisotopic (exact) mass is 287 g/mol. The first-order chi connectivity index (χ1) is 9.37. The standard InChI is InChI=1S/C11H17N3O6/c1-5-3-14(10(19)13-9(5)18)11(12-2)8(17)7(16)6(4-15)20-11/h3,6-8,12,15-17H,4H2,1-2H3,(H,13,18,19)/t6-,7-,8-,11+/m1/s1. The Bertz CT molecular complexity index is 611. The number of hydrogen-bond acceptors (Lipinski definition) is 7. The van der Waals surface area contributed by atoms with E-state index in [0.29, 0.717) is 0 Å². The lowest BCUT2D eigenvalue weighted by atomic mass is 10.1. The molecule has 112 valence electrons. The van der Waals surface area contributed by atoms with E-state index in [1.165, 1.54) is 20.2 Å². The molecule has 9 heteroatoms. The van der Waals surface area contributed by atoms with Crippen LogP contribution in [0.1, 0.15) is 5.56 Å². The van der Waals surface area contributed by atoms with Gasteiger partial charge in [0, 0.05) is 11.8 Å². The normalized spacial score (nSPS) is 33.5. The molecular weight excluding hydrogens is 270 g/mol. The van der Waals surface area contributed by atoms with Gasteiger partial charge in [0.25, 0.3) is 5.56 Å². The highest BCUT2D eigenvalue weighted by molar-refractivity contribution is 5.06. The van der Waals surface area contributed by atoms with Crippen molar-refractivity contribution in [1.29, 1.82) is 0 Å². The maximum atomic E-state index is 11.9. The topological polar surface area (TPSA) is 137 Å². The van der Waals surface area contributed by atoms with Crippen molar-refractivity contribution in [2.75, 3.05) is 13.7 Å². The van der Waals surface area contributed by atoms with Gasteiger partial charge in [-0.1, -0.05) is 0 Å². The van der Waals surface area contributed by atoms with Crippen molar-refractivity contribution in [3.8, 4) is 0 Å². The molecule has 2 heterocycles. The van der Waals surface area contributed by atoms with Crippen molar-refractivity contribution < 1.29 is 20.1 Å². The molecule has 1 aromatic heterocycles. The highest BCUT2D eigenvalue weighted by Crippen LogP contribution is 2.32. The third-order valence-electron chi connectivity index (χ3n) is 3.45. The zero-order chi connectivity index (χ0) is 15.1. The highest BCUT2D eigenvalue weighted by atomic mass is 16.6. The Labute approximate surface area is 113 Å². The minimum Gasteiger partial charge on any atom is -0.394 e. The molecule has 4 atom stereocenters. The summed E-state index contributed by atoms with van der Waals surface area (Å²) < 4.78 is 6.37. The van der Waals surface area contributed by atoms with E-state index >= 15 is 0 Å². The number of aliphatic hydroxyl groups excluding tert-OH is 3. The number of ether oxygens (including phenoxy) is 1. The first-order valence-corrected chi connectivity index (χ1v) is 6.04. The second-order valence-electron chi connectivity index (χ2n) is 4.66. The van der Waals surface area contributed by atoms with Crippen LogP contribution in [0.2, 0.25) is 0 Å². The molecule has 1 aromatic rings. The smallest absolute Gasteiger partial charge is 0.331 e. The molecule has 0 aromatic carbocycles.